The van der Waals surface area contributed by atoms with E-state index in [9.17, 15) is 9.59 Å². The minimum atomic E-state index is -0.344. The first-order valence-electron chi connectivity index (χ1n) is 8.59. The second-order valence-electron chi connectivity index (χ2n) is 6.70. The quantitative estimate of drug-likeness (QED) is 0.562. The zero-order valence-electron chi connectivity index (χ0n) is 15.1. The van der Waals surface area contributed by atoms with Crippen molar-refractivity contribution in [1.82, 2.24) is 5.32 Å². The predicted octanol–water partition coefficient (Wildman–Crippen LogP) is 3.76. The predicted molar refractivity (Wildman–Crippen MR) is 115 cm³/mol. The summed E-state index contributed by atoms with van der Waals surface area (Å²) in [5.74, 6) is 0.635. The van der Waals surface area contributed by atoms with Gasteiger partial charge in [-0.05, 0) is 61.4 Å². The highest BCUT2D eigenvalue weighted by atomic mass is 35.5. The molecule has 1 aliphatic rings. The number of halogens is 1. The van der Waals surface area contributed by atoms with Crippen molar-refractivity contribution in [2.45, 2.75) is 29.5 Å². The van der Waals surface area contributed by atoms with E-state index in [2.05, 4.69) is 10.6 Å². The summed E-state index contributed by atoms with van der Waals surface area (Å²) in [6.07, 6.45) is 2.23. The van der Waals surface area contributed by atoms with Crippen molar-refractivity contribution in [3.05, 3.63) is 47.3 Å². The Kier molecular flexibility index (Phi) is 7.73. The van der Waals surface area contributed by atoms with Crippen LogP contribution in [0.15, 0.2) is 46.0 Å². The molecule has 1 atom stereocenters. The van der Waals surface area contributed by atoms with E-state index in [1.54, 1.807) is 35.6 Å². The highest BCUT2D eigenvalue weighted by molar-refractivity contribution is 8.01. The van der Waals surface area contributed by atoms with Crippen molar-refractivity contribution in [2.24, 2.45) is 11.7 Å². The number of benzene rings is 1. The normalized spacial score (nSPS) is 15.3. The van der Waals surface area contributed by atoms with Crippen molar-refractivity contribution < 1.29 is 9.59 Å². The highest BCUT2D eigenvalue weighted by Gasteiger charge is 2.41. The number of hydrogen-bond acceptors (Lipinski definition) is 5. The summed E-state index contributed by atoms with van der Waals surface area (Å²) >= 11 is 3.13. The average Bonchev–Trinajstić information content (AvgIpc) is 3.38. The van der Waals surface area contributed by atoms with E-state index in [0.29, 0.717) is 29.5 Å². The number of hydrogen-bond donors (Lipinski definition) is 3. The molecule has 1 fully saturated rings. The molecule has 8 heteroatoms. The van der Waals surface area contributed by atoms with Gasteiger partial charge >= 0.3 is 0 Å². The standard InChI is InChI=1S/C19H23N3O2S2.ClH/c1-19(12-20,14-6-7-14)22-18(24)13-4-8-15(9-5-13)21-16(23)11-26-17-3-2-10-25-17;/h2-5,8-10,14H,6-7,11-12,20H2,1H3,(H,21,23)(H,22,24);1H. The minimum Gasteiger partial charge on any atom is -0.345 e. The monoisotopic (exact) mass is 425 g/mol. The van der Waals surface area contributed by atoms with E-state index in [4.69, 9.17) is 5.73 Å². The molecule has 27 heavy (non-hydrogen) atoms. The summed E-state index contributed by atoms with van der Waals surface area (Å²) in [5, 5.41) is 7.90. The van der Waals surface area contributed by atoms with Crippen molar-refractivity contribution >= 4 is 53.0 Å². The molecule has 0 saturated heterocycles. The number of nitrogens with one attached hydrogen (secondary N) is 2. The van der Waals surface area contributed by atoms with Crippen molar-refractivity contribution in [3.8, 4) is 0 Å². The van der Waals surface area contributed by atoms with Gasteiger partial charge in [-0.15, -0.1) is 35.5 Å². The lowest BCUT2D eigenvalue weighted by atomic mass is 9.95. The maximum atomic E-state index is 12.5. The second-order valence-corrected chi connectivity index (χ2v) is 8.92. The van der Waals surface area contributed by atoms with Crippen LogP contribution < -0.4 is 16.4 Å². The molecule has 1 aromatic heterocycles. The maximum Gasteiger partial charge on any atom is 0.251 e. The van der Waals surface area contributed by atoms with E-state index in [1.165, 1.54) is 11.8 Å². The number of carbonyl (C=O) groups is 2. The Bertz CT molecular complexity index is 764. The molecule has 1 saturated carbocycles. The van der Waals surface area contributed by atoms with Gasteiger partial charge in [-0.25, -0.2) is 0 Å². The van der Waals surface area contributed by atoms with Gasteiger partial charge < -0.3 is 16.4 Å². The molecule has 5 nitrogen and oxygen atoms in total. The van der Waals surface area contributed by atoms with Crippen LogP contribution in [0.3, 0.4) is 0 Å². The van der Waals surface area contributed by atoms with Gasteiger partial charge in [0.2, 0.25) is 5.91 Å². The molecule has 4 N–H and O–H groups in total. The lowest BCUT2D eigenvalue weighted by molar-refractivity contribution is -0.113. The fourth-order valence-electron chi connectivity index (χ4n) is 2.76. The molecule has 1 heterocycles. The molecular formula is C19H24ClN3O2S2. The summed E-state index contributed by atoms with van der Waals surface area (Å²) in [6.45, 7) is 2.43. The van der Waals surface area contributed by atoms with Crippen molar-refractivity contribution in [1.29, 1.82) is 0 Å². The van der Waals surface area contributed by atoms with Gasteiger partial charge in [-0.2, -0.15) is 0 Å². The fraction of sp³-hybridized carbons (Fsp3) is 0.368. The van der Waals surface area contributed by atoms with Crippen molar-refractivity contribution in [2.75, 3.05) is 17.6 Å². The van der Waals surface area contributed by atoms with Crippen LogP contribution in [0.1, 0.15) is 30.1 Å². The van der Waals surface area contributed by atoms with E-state index in [-0.39, 0.29) is 29.8 Å². The number of amides is 2. The fourth-order valence-corrected chi connectivity index (χ4v) is 4.34. The summed E-state index contributed by atoms with van der Waals surface area (Å²) < 4.78 is 1.12. The van der Waals surface area contributed by atoms with Crippen LogP contribution in [0.4, 0.5) is 5.69 Å². The van der Waals surface area contributed by atoms with Crippen molar-refractivity contribution in [3.63, 3.8) is 0 Å². The second kappa shape index (κ2) is 9.59. The molecule has 1 aromatic carbocycles. The Hall–Kier alpha value is -1.54. The van der Waals surface area contributed by atoms with Crippen LogP contribution in [0.25, 0.3) is 0 Å². The van der Waals surface area contributed by atoms with Crippen LogP contribution in [0.5, 0.6) is 0 Å². The van der Waals surface area contributed by atoms with Gasteiger partial charge in [0.15, 0.2) is 0 Å². The number of thiophene rings is 1. The third kappa shape index (κ3) is 5.97. The summed E-state index contributed by atoms with van der Waals surface area (Å²) in [4.78, 5) is 24.5. The summed E-state index contributed by atoms with van der Waals surface area (Å²) in [5.41, 5.74) is 6.76. The molecule has 2 aromatic rings. The Balaban J connectivity index is 0.00000261. The highest BCUT2D eigenvalue weighted by Crippen LogP contribution is 2.39. The van der Waals surface area contributed by atoms with Crippen LogP contribution in [0, 0.1) is 5.92 Å². The molecule has 0 spiro atoms. The molecule has 0 aliphatic heterocycles. The van der Waals surface area contributed by atoms with Gasteiger partial charge in [-0.3, -0.25) is 9.59 Å². The zero-order valence-corrected chi connectivity index (χ0v) is 17.5. The smallest absolute Gasteiger partial charge is 0.251 e. The lowest BCUT2D eigenvalue weighted by Crippen LogP contribution is -2.53. The lowest BCUT2D eigenvalue weighted by Gasteiger charge is -2.29. The van der Waals surface area contributed by atoms with E-state index in [0.717, 1.165) is 17.1 Å². The number of thioether (sulfide) groups is 1. The minimum absolute atomic E-state index is 0. The summed E-state index contributed by atoms with van der Waals surface area (Å²) in [7, 11) is 0. The molecular weight excluding hydrogens is 402 g/mol. The maximum absolute atomic E-state index is 12.5. The Labute approximate surface area is 173 Å². The van der Waals surface area contributed by atoms with Crippen LogP contribution in [-0.2, 0) is 4.79 Å². The van der Waals surface area contributed by atoms with E-state index in [1.807, 2.05) is 24.4 Å². The Morgan fingerprint density at radius 3 is 2.52 bits per heavy atom. The van der Waals surface area contributed by atoms with E-state index >= 15 is 0 Å². The molecule has 1 unspecified atom stereocenters. The largest absolute Gasteiger partial charge is 0.345 e. The molecule has 0 bridgehead atoms. The first-order chi connectivity index (χ1) is 12.5. The molecule has 3 rings (SSSR count). The SMILES string of the molecule is CC(CN)(NC(=O)c1ccc(NC(=O)CSc2cccs2)cc1)C1CC1.Cl. The first-order valence-corrected chi connectivity index (χ1v) is 10.5. The van der Waals surface area contributed by atoms with Gasteiger partial charge in [0.1, 0.15) is 0 Å². The first kappa shape index (κ1) is 21.8. The number of anilines is 1. The molecule has 1 aliphatic carbocycles. The van der Waals surface area contributed by atoms with Gasteiger partial charge in [0, 0.05) is 17.8 Å². The molecule has 146 valence electrons. The molecule has 0 radical (unpaired) electrons. The van der Waals surface area contributed by atoms with Gasteiger partial charge in [0.05, 0.1) is 15.5 Å². The Morgan fingerprint density at radius 1 is 1.26 bits per heavy atom. The third-order valence-electron chi connectivity index (χ3n) is 4.57. The number of rotatable bonds is 8. The van der Waals surface area contributed by atoms with Crippen LogP contribution in [-0.4, -0.2) is 29.7 Å². The zero-order chi connectivity index (χ0) is 18.6. The molecule has 2 amide bonds. The van der Waals surface area contributed by atoms with Crippen LogP contribution in [0.2, 0.25) is 0 Å². The number of nitrogens with two attached hydrogens (primary N) is 1. The number of carbonyl (C=O) groups excluding carboxylic acids is 2. The average molecular weight is 426 g/mol. The topological polar surface area (TPSA) is 84.2 Å². The van der Waals surface area contributed by atoms with Crippen LogP contribution >= 0.6 is 35.5 Å². The summed E-state index contributed by atoms with van der Waals surface area (Å²) in [6, 6.07) is 10.9. The van der Waals surface area contributed by atoms with Gasteiger partial charge in [-0.1, -0.05) is 6.07 Å². The Morgan fingerprint density at radius 2 is 1.96 bits per heavy atom. The van der Waals surface area contributed by atoms with Gasteiger partial charge in [0.25, 0.3) is 5.91 Å². The third-order valence-corrected chi connectivity index (χ3v) is 6.70. The van der Waals surface area contributed by atoms with E-state index < -0.39 is 0 Å².